The van der Waals surface area contributed by atoms with E-state index in [4.69, 9.17) is 9.47 Å². The first-order chi connectivity index (χ1) is 9.18. The van der Waals surface area contributed by atoms with Crippen LogP contribution in [0.3, 0.4) is 0 Å². The van der Waals surface area contributed by atoms with Crippen molar-refractivity contribution in [2.75, 3.05) is 13.2 Å². The summed E-state index contributed by atoms with van der Waals surface area (Å²) in [6, 6.07) is 4.09. The number of benzene rings is 1. The highest BCUT2D eigenvalue weighted by molar-refractivity contribution is 5.36. The van der Waals surface area contributed by atoms with Crippen LogP contribution in [0.1, 0.15) is 24.8 Å². The van der Waals surface area contributed by atoms with Crippen molar-refractivity contribution in [3.8, 4) is 0 Å². The fourth-order valence-corrected chi connectivity index (χ4v) is 2.06. The predicted octanol–water partition coefficient (Wildman–Crippen LogP) is 2.82. The van der Waals surface area contributed by atoms with Gasteiger partial charge < -0.3 is 9.47 Å². The highest BCUT2D eigenvalue weighted by Crippen LogP contribution is 2.21. The van der Waals surface area contributed by atoms with E-state index in [1.54, 1.807) is 0 Å². The first-order valence-corrected chi connectivity index (χ1v) is 6.29. The van der Waals surface area contributed by atoms with Crippen LogP contribution in [0.2, 0.25) is 0 Å². The summed E-state index contributed by atoms with van der Waals surface area (Å²) < 4.78 is 24.6. The number of hydrogen-bond donors (Lipinski definition) is 0. The summed E-state index contributed by atoms with van der Waals surface area (Å²) >= 11 is 0. The third-order valence-electron chi connectivity index (χ3n) is 3.09. The molecule has 1 aliphatic heterocycles. The number of nitrogens with zero attached hydrogens (tertiary/aromatic N) is 1. The molecule has 104 valence electrons. The summed E-state index contributed by atoms with van der Waals surface area (Å²) in [6.45, 7) is 1.15. The fourth-order valence-electron chi connectivity index (χ4n) is 2.06. The Morgan fingerprint density at radius 3 is 3.00 bits per heavy atom. The zero-order chi connectivity index (χ0) is 13.7. The number of nitro groups is 1. The van der Waals surface area contributed by atoms with Gasteiger partial charge in [-0.25, -0.2) is 0 Å². The molecule has 1 unspecified atom stereocenters. The molecule has 19 heavy (non-hydrogen) atoms. The fraction of sp³-hybridized carbons (Fsp3) is 0.538. The van der Waals surface area contributed by atoms with E-state index in [2.05, 4.69) is 0 Å². The van der Waals surface area contributed by atoms with Crippen molar-refractivity contribution >= 4 is 5.69 Å². The van der Waals surface area contributed by atoms with Gasteiger partial charge in [-0.3, -0.25) is 10.1 Å². The van der Waals surface area contributed by atoms with Gasteiger partial charge in [0.05, 0.1) is 24.2 Å². The molecular weight excluding hydrogens is 253 g/mol. The molecule has 1 aliphatic rings. The second-order valence-electron chi connectivity index (χ2n) is 4.51. The van der Waals surface area contributed by atoms with E-state index in [1.165, 1.54) is 12.1 Å². The SMILES string of the molecule is O=[N+]([O-])c1cccc(COCC2CCCCO2)c1F. The molecule has 1 atom stereocenters. The lowest BCUT2D eigenvalue weighted by atomic mass is 10.1. The van der Waals surface area contributed by atoms with Crippen molar-refractivity contribution in [2.45, 2.75) is 32.0 Å². The van der Waals surface area contributed by atoms with Gasteiger partial charge in [0, 0.05) is 18.2 Å². The highest BCUT2D eigenvalue weighted by atomic mass is 19.1. The molecule has 1 saturated heterocycles. The van der Waals surface area contributed by atoms with Crippen LogP contribution in [0.5, 0.6) is 0 Å². The lowest BCUT2D eigenvalue weighted by Gasteiger charge is -2.22. The molecule has 0 aromatic heterocycles. The second-order valence-corrected chi connectivity index (χ2v) is 4.51. The van der Waals surface area contributed by atoms with Crippen LogP contribution >= 0.6 is 0 Å². The quantitative estimate of drug-likeness (QED) is 0.609. The van der Waals surface area contributed by atoms with Gasteiger partial charge in [0.15, 0.2) is 0 Å². The van der Waals surface area contributed by atoms with Gasteiger partial charge in [-0.05, 0) is 19.3 Å². The van der Waals surface area contributed by atoms with Crippen LogP contribution in [0.4, 0.5) is 10.1 Å². The third-order valence-corrected chi connectivity index (χ3v) is 3.09. The molecule has 1 fully saturated rings. The lowest BCUT2D eigenvalue weighted by Crippen LogP contribution is -2.24. The lowest BCUT2D eigenvalue weighted by molar-refractivity contribution is -0.387. The van der Waals surface area contributed by atoms with Crippen LogP contribution in [0, 0.1) is 15.9 Å². The Morgan fingerprint density at radius 1 is 1.47 bits per heavy atom. The van der Waals surface area contributed by atoms with E-state index >= 15 is 0 Å². The Bertz CT molecular complexity index is 446. The van der Waals surface area contributed by atoms with E-state index < -0.39 is 16.4 Å². The van der Waals surface area contributed by atoms with Gasteiger partial charge in [-0.15, -0.1) is 0 Å². The van der Waals surface area contributed by atoms with E-state index in [-0.39, 0.29) is 18.3 Å². The number of ether oxygens (including phenoxy) is 2. The van der Waals surface area contributed by atoms with Gasteiger partial charge in [-0.1, -0.05) is 12.1 Å². The number of nitro benzene ring substituents is 1. The number of rotatable bonds is 5. The molecule has 0 N–H and O–H groups in total. The van der Waals surface area contributed by atoms with Crippen molar-refractivity contribution in [1.29, 1.82) is 0 Å². The highest BCUT2D eigenvalue weighted by Gasteiger charge is 2.18. The van der Waals surface area contributed by atoms with E-state index in [1.807, 2.05) is 0 Å². The molecule has 1 aromatic carbocycles. The van der Waals surface area contributed by atoms with Crippen LogP contribution in [0.15, 0.2) is 18.2 Å². The summed E-state index contributed by atoms with van der Waals surface area (Å²) in [6.07, 6.45) is 3.17. The molecule has 0 spiro atoms. The van der Waals surface area contributed by atoms with Gasteiger partial charge in [0.1, 0.15) is 0 Å². The van der Waals surface area contributed by atoms with E-state index in [9.17, 15) is 14.5 Å². The minimum absolute atomic E-state index is 0.0212. The Labute approximate surface area is 110 Å². The summed E-state index contributed by atoms with van der Waals surface area (Å²) in [5.74, 6) is -0.822. The molecule has 0 saturated carbocycles. The van der Waals surface area contributed by atoms with Crippen molar-refractivity contribution in [2.24, 2.45) is 0 Å². The van der Waals surface area contributed by atoms with Crippen molar-refractivity contribution in [1.82, 2.24) is 0 Å². The summed E-state index contributed by atoms with van der Waals surface area (Å²) in [5, 5.41) is 10.6. The smallest absolute Gasteiger partial charge is 0.305 e. The second kappa shape index (κ2) is 6.58. The molecule has 0 radical (unpaired) electrons. The summed E-state index contributed by atoms with van der Waals surface area (Å²) in [7, 11) is 0. The molecule has 2 rings (SSSR count). The Morgan fingerprint density at radius 2 is 2.32 bits per heavy atom. The molecular formula is C13H16FNO4. The van der Waals surface area contributed by atoms with Crippen molar-refractivity contribution < 1.29 is 18.8 Å². The monoisotopic (exact) mass is 269 g/mol. The van der Waals surface area contributed by atoms with Gasteiger partial charge in [0.25, 0.3) is 0 Å². The standard InChI is InChI=1S/C13H16FNO4/c14-13-10(4-3-6-12(13)15(16)17)8-18-9-11-5-1-2-7-19-11/h3-4,6,11H,1-2,5,7-9H2. The van der Waals surface area contributed by atoms with Crippen molar-refractivity contribution in [3.63, 3.8) is 0 Å². The summed E-state index contributed by atoms with van der Waals surface area (Å²) in [5.41, 5.74) is -0.319. The number of hydrogen-bond acceptors (Lipinski definition) is 4. The first-order valence-electron chi connectivity index (χ1n) is 6.29. The maximum atomic E-state index is 13.7. The maximum Gasteiger partial charge on any atom is 0.305 e. The Kier molecular flexibility index (Phi) is 4.81. The third kappa shape index (κ3) is 3.71. The normalized spacial score (nSPS) is 19.3. The van der Waals surface area contributed by atoms with Gasteiger partial charge in [-0.2, -0.15) is 4.39 Å². The zero-order valence-corrected chi connectivity index (χ0v) is 10.5. The topological polar surface area (TPSA) is 61.6 Å². The van der Waals surface area contributed by atoms with Gasteiger partial charge in [0.2, 0.25) is 5.82 Å². The molecule has 6 heteroatoms. The van der Waals surface area contributed by atoms with E-state index in [0.29, 0.717) is 6.61 Å². The predicted molar refractivity (Wildman–Crippen MR) is 66.3 cm³/mol. The van der Waals surface area contributed by atoms with Crippen LogP contribution in [-0.2, 0) is 16.1 Å². The average Bonchev–Trinajstić information content (AvgIpc) is 2.41. The maximum absolute atomic E-state index is 13.7. The minimum atomic E-state index is -0.822. The van der Waals surface area contributed by atoms with E-state index in [0.717, 1.165) is 31.9 Å². The van der Waals surface area contributed by atoms with Crippen molar-refractivity contribution in [3.05, 3.63) is 39.7 Å². The molecule has 1 heterocycles. The number of halogens is 1. The Balaban J connectivity index is 1.88. The largest absolute Gasteiger partial charge is 0.376 e. The zero-order valence-electron chi connectivity index (χ0n) is 10.5. The molecule has 0 amide bonds. The average molecular weight is 269 g/mol. The first kappa shape index (κ1) is 13.9. The minimum Gasteiger partial charge on any atom is -0.376 e. The van der Waals surface area contributed by atoms with Crippen LogP contribution in [-0.4, -0.2) is 24.2 Å². The molecule has 0 bridgehead atoms. The van der Waals surface area contributed by atoms with Crippen LogP contribution < -0.4 is 0 Å². The van der Waals surface area contributed by atoms with Crippen LogP contribution in [0.25, 0.3) is 0 Å². The van der Waals surface area contributed by atoms with Gasteiger partial charge >= 0.3 is 5.69 Å². The summed E-state index contributed by atoms with van der Waals surface area (Å²) in [4.78, 5) is 9.87. The molecule has 1 aromatic rings. The Hall–Kier alpha value is -1.53. The molecule has 5 nitrogen and oxygen atoms in total. The molecule has 0 aliphatic carbocycles.